The summed E-state index contributed by atoms with van der Waals surface area (Å²) < 4.78 is 0. The number of hydrogen-bond donors (Lipinski definition) is 4. The highest BCUT2D eigenvalue weighted by atomic mass is 16.4. The van der Waals surface area contributed by atoms with Crippen molar-refractivity contribution < 1.29 is 24.6 Å². The molecule has 1 atom stereocenters. The highest BCUT2D eigenvalue weighted by molar-refractivity contribution is 5.85. The Labute approximate surface area is 116 Å². The second-order valence-corrected chi connectivity index (χ2v) is 5.00. The summed E-state index contributed by atoms with van der Waals surface area (Å²) in [6, 6.07) is -0.998. The first-order valence-corrected chi connectivity index (χ1v) is 6.60. The fraction of sp³-hybridized carbons (Fsp3) is 0.750. The minimum atomic E-state index is -1.22. The van der Waals surface area contributed by atoms with Crippen molar-refractivity contribution in [3.63, 3.8) is 0 Å². The summed E-state index contributed by atoms with van der Waals surface area (Å²) in [5.74, 6) is -2.71. The van der Waals surface area contributed by atoms with E-state index >= 15 is 0 Å². The minimum Gasteiger partial charge on any atom is -0.481 e. The van der Waals surface area contributed by atoms with Crippen molar-refractivity contribution in [1.82, 2.24) is 10.2 Å². The van der Waals surface area contributed by atoms with E-state index in [0.29, 0.717) is 13.1 Å². The molecule has 0 spiro atoms. The van der Waals surface area contributed by atoms with Crippen molar-refractivity contribution in [3.05, 3.63) is 0 Å². The molecule has 1 rings (SSSR count). The second kappa shape index (κ2) is 7.81. The van der Waals surface area contributed by atoms with Gasteiger partial charge < -0.3 is 21.3 Å². The first kappa shape index (κ1) is 16.4. The molecule has 1 saturated heterocycles. The maximum Gasteiger partial charge on any atom is 0.326 e. The first-order valence-electron chi connectivity index (χ1n) is 6.60. The maximum absolute atomic E-state index is 11.8. The summed E-state index contributed by atoms with van der Waals surface area (Å²) in [4.78, 5) is 35.0. The summed E-state index contributed by atoms with van der Waals surface area (Å²) in [5.41, 5.74) is 5.76. The van der Waals surface area contributed by atoms with E-state index in [1.165, 1.54) is 0 Å². The predicted octanol–water partition coefficient (Wildman–Crippen LogP) is -1.16. The second-order valence-electron chi connectivity index (χ2n) is 5.00. The zero-order chi connectivity index (χ0) is 15.1. The number of carbonyl (C=O) groups is 3. The molecule has 1 heterocycles. The lowest BCUT2D eigenvalue weighted by Gasteiger charge is -2.29. The minimum absolute atomic E-state index is 0.115. The smallest absolute Gasteiger partial charge is 0.326 e. The highest BCUT2D eigenvalue weighted by Gasteiger charge is 2.23. The van der Waals surface area contributed by atoms with Crippen LogP contribution >= 0.6 is 0 Å². The molecule has 0 radical (unpaired) electrons. The number of rotatable bonds is 7. The maximum atomic E-state index is 11.8. The summed E-state index contributed by atoms with van der Waals surface area (Å²) >= 11 is 0. The highest BCUT2D eigenvalue weighted by Crippen LogP contribution is 2.07. The number of aliphatic carboxylic acids is 2. The molecule has 1 unspecified atom stereocenters. The topological polar surface area (TPSA) is 133 Å². The Morgan fingerprint density at radius 3 is 2.35 bits per heavy atom. The van der Waals surface area contributed by atoms with Gasteiger partial charge in [0.2, 0.25) is 5.91 Å². The lowest BCUT2D eigenvalue weighted by atomic mass is 10.1. The fourth-order valence-corrected chi connectivity index (χ4v) is 2.08. The van der Waals surface area contributed by atoms with E-state index in [-0.39, 0.29) is 25.4 Å². The molecule has 114 valence electrons. The molecule has 0 aromatic carbocycles. The number of carboxylic acids is 2. The Bertz CT molecular complexity index is 366. The van der Waals surface area contributed by atoms with Crippen molar-refractivity contribution in [2.24, 2.45) is 5.73 Å². The van der Waals surface area contributed by atoms with Gasteiger partial charge in [-0.15, -0.1) is 0 Å². The number of carbonyl (C=O) groups excluding carboxylic acids is 1. The van der Waals surface area contributed by atoms with Crippen LogP contribution in [0.1, 0.15) is 25.7 Å². The quantitative estimate of drug-likeness (QED) is 0.464. The molecule has 1 aliphatic heterocycles. The van der Waals surface area contributed by atoms with Gasteiger partial charge in [-0.25, -0.2) is 4.79 Å². The molecule has 8 nitrogen and oxygen atoms in total. The molecule has 1 amide bonds. The molecule has 1 fully saturated rings. The SMILES string of the molecule is NC1CCN(CC(=O)NC(CCC(=O)O)C(=O)O)CC1. The van der Waals surface area contributed by atoms with Crippen molar-refractivity contribution in [3.8, 4) is 0 Å². The van der Waals surface area contributed by atoms with Crippen LogP contribution in [0.15, 0.2) is 0 Å². The first-order chi connectivity index (χ1) is 9.38. The van der Waals surface area contributed by atoms with Crippen LogP contribution in [0.5, 0.6) is 0 Å². The van der Waals surface area contributed by atoms with E-state index in [1.54, 1.807) is 0 Å². The third-order valence-corrected chi connectivity index (χ3v) is 3.28. The van der Waals surface area contributed by atoms with E-state index in [4.69, 9.17) is 15.9 Å². The molecule has 0 bridgehead atoms. The summed E-state index contributed by atoms with van der Waals surface area (Å²) in [6.07, 6.45) is 1.21. The van der Waals surface area contributed by atoms with E-state index < -0.39 is 23.9 Å². The third kappa shape index (κ3) is 5.98. The van der Waals surface area contributed by atoms with Crippen LogP contribution in [0.2, 0.25) is 0 Å². The van der Waals surface area contributed by atoms with Crippen molar-refractivity contribution >= 4 is 17.8 Å². The van der Waals surface area contributed by atoms with Crippen LogP contribution in [-0.4, -0.2) is 64.7 Å². The summed E-state index contributed by atoms with van der Waals surface area (Å²) in [5, 5.41) is 19.8. The predicted molar refractivity (Wildman–Crippen MR) is 70.1 cm³/mol. The average Bonchev–Trinajstić information content (AvgIpc) is 2.36. The third-order valence-electron chi connectivity index (χ3n) is 3.28. The Hall–Kier alpha value is -1.67. The molecule has 0 aromatic heterocycles. The Morgan fingerprint density at radius 1 is 1.25 bits per heavy atom. The van der Waals surface area contributed by atoms with E-state index in [0.717, 1.165) is 12.8 Å². The molecule has 1 aliphatic rings. The van der Waals surface area contributed by atoms with Crippen LogP contribution in [0.25, 0.3) is 0 Å². The Kier molecular flexibility index (Phi) is 6.40. The Balaban J connectivity index is 2.37. The van der Waals surface area contributed by atoms with Gasteiger partial charge in [0.05, 0.1) is 6.54 Å². The van der Waals surface area contributed by atoms with E-state index in [9.17, 15) is 14.4 Å². The van der Waals surface area contributed by atoms with Gasteiger partial charge in [0.25, 0.3) is 0 Å². The number of piperidine rings is 1. The molecule has 0 saturated carbocycles. The van der Waals surface area contributed by atoms with Gasteiger partial charge >= 0.3 is 11.9 Å². The summed E-state index contributed by atoms with van der Waals surface area (Å²) in [6.45, 7) is 1.53. The molecule has 8 heteroatoms. The van der Waals surface area contributed by atoms with E-state index in [2.05, 4.69) is 5.32 Å². The number of nitrogens with two attached hydrogens (primary N) is 1. The molecule has 0 aliphatic carbocycles. The van der Waals surface area contributed by atoms with Crippen molar-refractivity contribution in [2.75, 3.05) is 19.6 Å². The number of amides is 1. The monoisotopic (exact) mass is 287 g/mol. The molecule has 0 aromatic rings. The van der Waals surface area contributed by atoms with Gasteiger partial charge in [0, 0.05) is 25.6 Å². The van der Waals surface area contributed by atoms with Crippen LogP contribution < -0.4 is 11.1 Å². The van der Waals surface area contributed by atoms with Gasteiger partial charge in [-0.2, -0.15) is 0 Å². The van der Waals surface area contributed by atoms with Crippen LogP contribution in [0.4, 0.5) is 0 Å². The fourth-order valence-electron chi connectivity index (χ4n) is 2.08. The molecule has 20 heavy (non-hydrogen) atoms. The molecule has 5 N–H and O–H groups in total. The lowest BCUT2D eigenvalue weighted by Crippen LogP contribution is -2.48. The van der Waals surface area contributed by atoms with Gasteiger partial charge in [-0.1, -0.05) is 0 Å². The molecular formula is C12H21N3O5. The lowest BCUT2D eigenvalue weighted by molar-refractivity contribution is -0.143. The molecular weight excluding hydrogens is 266 g/mol. The number of hydrogen-bond acceptors (Lipinski definition) is 5. The van der Waals surface area contributed by atoms with Gasteiger partial charge in [-0.3, -0.25) is 14.5 Å². The number of carboxylic acid groups (broad SMARTS) is 2. The zero-order valence-corrected chi connectivity index (χ0v) is 11.2. The normalized spacial score (nSPS) is 18.4. The van der Waals surface area contributed by atoms with Gasteiger partial charge in [0.1, 0.15) is 6.04 Å². The van der Waals surface area contributed by atoms with Crippen LogP contribution in [0, 0.1) is 0 Å². The number of nitrogens with zero attached hydrogens (tertiary/aromatic N) is 1. The largest absolute Gasteiger partial charge is 0.481 e. The number of nitrogens with one attached hydrogen (secondary N) is 1. The van der Waals surface area contributed by atoms with Gasteiger partial charge in [0.15, 0.2) is 0 Å². The van der Waals surface area contributed by atoms with Crippen LogP contribution in [0.3, 0.4) is 0 Å². The van der Waals surface area contributed by atoms with Crippen molar-refractivity contribution in [1.29, 1.82) is 0 Å². The average molecular weight is 287 g/mol. The standard InChI is InChI=1S/C12H21N3O5/c13-8-3-5-15(6-4-8)7-10(16)14-9(12(19)20)1-2-11(17)18/h8-9H,1-7,13H2,(H,14,16)(H,17,18)(H,19,20). The Morgan fingerprint density at radius 2 is 1.85 bits per heavy atom. The zero-order valence-electron chi connectivity index (χ0n) is 11.2. The number of likely N-dealkylation sites (tertiary alicyclic amines) is 1. The summed E-state index contributed by atoms with van der Waals surface area (Å²) in [7, 11) is 0. The van der Waals surface area contributed by atoms with Crippen LogP contribution in [-0.2, 0) is 14.4 Å². The van der Waals surface area contributed by atoms with Gasteiger partial charge in [-0.05, 0) is 19.3 Å². The van der Waals surface area contributed by atoms with Crippen molar-refractivity contribution in [2.45, 2.75) is 37.8 Å². The van der Waals surface area contributed by atoms with E-state index in [1.807, 2.05) is 4.90 Å².